The molecule has 5 nitrogen and oxygen atoms in total. The van der Waals surface area contributed by atoms with Crippen LogP contribution in [0.3, 0.4) is 0 Å². The fraction of sp³-hybridized carbons (Fsp3) is 0.333. The second kappa shape index (κ2) is 7.77. The molecule has 24 heavy (non-hydrogen) atoms. The molecule has 1 aromatic heterocycles. The molecule has 0 aliphatic carbocycles. The first-order valence-corrected chi connectivity index (χ1v) is 8.75. The van der Waals surface area contributed by atoms with E-state index in [1.54, 1.807) is 25.6 Å². The number of amides is 1. The number of hydrogen-bond donors (Lipinski definition) is 1. The Morgan fingerprint density at radius 1 is 1.33 bits per heavy atom. The fourth-order valence-corrected chi connectivity index (χ4v) is 3.22. The summed E-state index contributed by atoms with van der Waals surface area (Å²) in [7, 11) is 1.77. The maximum Gasteiger partial charge on any atom is 0.257 e. The van der Waals surface area contributed by atoms with Crippen LogP contribution in [0.25, 0.3) is 0 Å². The van der Waals surface area contributed by atoms with Gasteiger partial charge in [0.05, 0.1) is 11.7 Å². The summed E-state index contributed by atoms with van der Waals surface area (Å²) in [5, 5.41) is 2.89. The number of halogens is 1. The number of pyridine rings is 1. The number of ether oxygens (including phenoxy) is 1. The number of aromatic nitrogens is 1. The SMILES string of the molecule is COC1CCCN(c2ccc(NC(=O)c3cncc(Br)c3)cc2)C1. The second-order valence-corrected chi connectivity index (χ2v) is 6.75. The van der Waals surface area contributed by atoms with Gasteiger partial charge in [-0.3, -0.25) is 9.78 Å². The average Bonchev–Trinajstić information content (AvgIpc) is 2.62. The summed E-state index contributed by atoms with van der Waals surface area (Å²) in [4.78, 5) is 18.6. The van der Waals surface area contributed by atoms with Crippen molar-refractivity contribution in [3.63, 3.8) is 0 Å². The molecule has 1 N–H and O–H groups in total. The summed E-state index contributed by atoms with van der Waals surface area (Å²) in [5.74, 6) is -0.172. The highest BCUT2D eigenvalue weighted by Gasteiger charge is 2.19. The van der Waals surface area contributed by atoms with Crippen LogP contribution in [-0.4, -0.2) is 37.2 Å². The Morgan fingerprint density at radius 3 is 2.83 bits per heavy atom. The van der Waals surface area contributed by atoms with Crippen LogP contribution in [0.15, 0.2) is 47.2 Å². The number of benzene rings is 1. The molecule has 0 saturated carbocycles. The Bertz CT molecular complexity index is 706. The number of piperidine rings is 1. The van der Waals surface area contributed by atoms with E-state index in [1.165, 1.54) is 0 Å². The molecule has 1 amide bonds. The van der Waals surface area contributed by atoms with Gasteiger partial charge < -0.3 is 15.0 Å². The zero-order valence-electron chi connectivity index (χ0n) is 13.5. The predicted octanol–water partition coefficient (Wildman–Crippen LogP) is 3.71. The standard InChI is InChI=1S/C18H20BrN3O2/c1-24-17-3-2-8-22(12-17)16-6-4-15(5-7-16)21-18(23)13-9-14(19)11-20-10-13/h4-7,9-11,17H,2-3,8,12H2,1H3,(H,21,23). The summed E-state index contributed by atoms with van der Waals surface area (Å²) < 4.78 is 6.25. The fourth-order valence-electron chi connectivity index (χ4n) is 2.86. The topological polar surface area (TPSA) is 54.5 Å². The summed E-state index contributed by atoms with van der Waals surface area (Å²) in [6.07, 6.45) is 5.74. The Labute approximate surface area is 150 Å². The van der Waals surface area contributed by atoms with Gasteiger partial charge in [-0.1, -0.05) is 0 Å². The maximum atomic E-state index is 12.2. The van der Waals surface area contributed by atoms with Crippen LogP contribution in [-0.2, 0) is 4.74 Å². The van der Waals surface area contributed by atoms with Crippen molar-refractivity contribution in [1.29, 1.82) is 0 Å². The molecular formula is C18H20BrN3O2. The number of methoxy groups -OCH3 is 1. The highest BCUT2D eigenvalue weighted by atomic mass is 79.9. The van der Waals surface area contributed by atoms with Crippen LogP contribution in [0.4, 0.5) is 11.4 Å². The molecule has 1 atom stereocenters. The molecular weight excluding hydrogens is 370 g/mol. The molecule has 0 bridgehead atoms. The van der Waals surface area contributed by atoms with Crippen molar-refractivity contribution in [2.24, 2.45) is 0 Å². The smallest absolute Gasteiger partial charge is 0.257 e. The Kier molecular flexibility index (Phi) is 5.48. The van der Waals surface area contributed by atoms with Crippen LogP contribution in [0, 0.1) is 0 Å². The summed E-state index contributed by atoms with van der Waals surface area (Å²) in [6.45, 7) is 1.95. The first-order chi connectivity index (χ1) is 11.7. The average molecular weight is 390 g/mol. The van der Waals surface area contributed by atoms with E-state index in [-0.39, 0.29) is 5.91 Å². The molecule has 1 aliphatic rings. The van der Waals surface area contributed by atoms with Gasteiger partial charge in [-0.2, -0.15) is 0 Å². The number of hydrogen-bond acceptors (Lipinski definition) is 4. The van der Waals surface area contributed by atoms with E-state index < -0.39 is 0 Å². The third kappa shape index (κ3) is 4.13. The van der Waals surface area contributed by atoms with Crippen molar-refractivity contribution in [3.05, 3.63) is 52.8 Å². The minimum atomic E-state index is -0.172. The van der Waals surface area contributed by atoms with Gasteiger partial charge >= 0.3 is 0 Å². The van der Waals surface area contributed by atoms with Crippen molar-refractivity contribution < 1.29 is 9.53 Å². The van der Waals surface area contributed by atoms with E-state index in [1.807, 2.05) is 24.3 Å². The zero-order valence-corrected chi connectivity index (χ0v) is 15.1. The Balaban J connectivity index is 1.65. The van der Waals surface area contributed by atoms with Gasteiger partial charge in [0.25, 0.3) is 5.91 Å². The molecule has 1 aliphatic heterocycles. The van der Waals surface area contributed by atoms with Crippen molar-refractivity contribution in [2.45, 2.75) is 18.9 Å². The number of nitrogens with zero attached hydrogens (tertiary/aromatic N) is 2. The summed E-state index contributed by atoms with van der Waals surface area (Å²) in [6, 6.07) is 9.67. The van der Waals surface area contributed by atoms with Crippen LogP contribution >= 0.6 is 15.9 Å². The second-order valence-electron chi connectivity index (χ2n) is 5.84. The molecule has 1 unspecified atom stereocenters. The number of carbonyl (C=O) groups excluding carboxylic acids is 1. The molecule has 2 aromatic rings. The highest BCUT2D eigenvalue weighted by molar-refractivity contribution is 9.10. The first kappa shape index (κ1) is 16.9. The van der Waals surface area contributed by atoms with Gasteiger partial charge in [-0.05, 0) is 59.1 Å². The molecule has 0 spiro atoms. The van der Waals surface area contributed by atoms with Crippen molar-refractivity contribution in [1.82, 2.24) is 4.98 Å². The van der Waals surface area contributed by atoms with Gasteiger partial charge in [0.15, 0.2) is 0 Å². The van der Waals surface area contributed by atoms with Crippen molar-refractivity contribution in [3.8, 4) is 0 Å². The molecule has 1 aromatic carbocycles. The lowest BCUT2D eigenvalue weighted by Crippen LogP contribution is -2.39. The molecule has 3 rings (SSSR count). The maximum absolute atomic E-state index is 12.2. The van der Waals surface area contributed by atoms with E-state index in [9.17, 15) is 4.79 Å². The normalized spacial score (nSPS) is 17.6. The van der Waals surface area contributed by atoms with E-state index in [0.29, 0.717) is 11.7 Å². The largest absolute Gasteiger partial charge is 0.380 e. The lowest BCUT2D eigenvalue weighted by atomic mass is 10.1. The van der Waals surface area contributed by atoms with Crippen LogP contribution in [0.1, 0.15) is 23.2 Å². The van der Waals surface area contributed by atoms with E-state index in [4.69, 9.17) is 4.74 Å². The van der Waals surface area contributed by atoms with Gasteiger partial charge in [0.1, 0.15) is 0 Å². The number of rotatable bonds is 4. The van der Waals surface area contributed by atoms with E-state index in [0.717, 1.165) is 41.8 Å². The van der Waals surface area contributed by atoms with Crippen LogP contribution in [0.2, 0.25) is 0 Å². The highest BCUT2D eigenvalue weighted by Crippen LogP contribution is 2.23. The molecule has 0 radical (unpaired) electrons. The van der Waals surface area contributed by atoms with Crippen molar-refractivity contribution in [2.75, 3.05) is 30.4 Å². The van der Waals surface area contributed by atoms with Gasteiger partial charge in [0, 0.05) is 48.4 Å². The first-order valence-electron chi connectivity index (χ1n) is 7.95. The van der Waals surface area contributed by atoms with E-state index in [2.05, 4.69) is 31.1 Å². The lowest BCUT2D eigenvalue weighted by Gasteiger charge is -2.33. The van der Waals surface area contributed by atoms with E-state index >= 15 is 0 Å². The molecule has 1 saturated heterocycles. The molecule has 6 heteroatoms. The monoisotopic (exact) mass is 389 g/mol. The zero-order chi connectivity index (χ0) is 16.9. The number of nitrogens with one attached hydrogen (secondary N) is 1. The number of carbonyl (C=O) groups is 1. The minimum absolute atomic E-state index is 0.172. The van der Waals surface area contributed by atoms with Gasteiger partial charge in [-0.25, -0.2) is 0 Å². The Hall–Kier alpha value is -1.92. The van der Waals surface area contributed by atoms with Crippen LogP contribution < -0.4 is 10.2 Å². The summed E-state index contributed by atoms with van der Waals surface area (Å²) >= 11 is 3.32. The van der Waals surface area contributed by atoms with Gasteiger partial charge in [0.2, 0.25) is 0 Å². The number of anilines is 2. The Morgan fingerprint density at radius 2 is 2.12 bits per heavy atom. The molecule has 126 valence electrons. The third-order valence-corrected chi connectivity index (χ3v) is 4.60. The predicted molar refractivity (Wildman–Crippen MR) is 98.6 cm³/mol. The third-order valence-electron chi connectivity index (χ3n) is 4.17. The molecule has 2 heterocycles. The van der Waals surface area contributed by atoms with Crippen molar-refractivity contribution >= 4 is 33.2 Å². The van der Waals surface area contributed by atoms with Gasteiger partial charge in [-0.15, -0.1) is 0 Å². The summed E-state index contributed by atoms with van der Waals surface area (Å²) in [5.41, 5.74) is 2.44. The van der Waals surface area contributed by atoms with Crippen LogP contribution in [0.5, 0.6) is 0 Å². The minimum Gasteiger partial charge on any atom is -0.380 e. The quantitative estimate of drug-likeness (QED) is 0.865. The lowest BCUT2D eigenvalue weighted by molar-refractivity contribution is 0.0893. The molecule has 1 fully saturated rings.